The average Bonchev–Trinajstić information content (AvgIpc) is 2.93. The molecule has 0 bridgehead atoms. The van der Waals surface area contributed by atoms with Gasteiger partial charge in [0.1, 0.15) is 6.04 Å². The number of hydrogen-bond acceptors (Lipinski definition) is 3. The molecule has 0 saturated carbocycles. The zero-order chi connectivity index (χ0) is 14.8. The van der Waals surface area contributed by atoms with E-state index in [2.05, 4.69) is 16.7 Å². The van der Waals surface area contributed by atoms with E-state index in [0.29, 0.717) is 13.1 Å². The topological polar surface area (TPSA) is 61.4 Å². The number of nitrogens with zero attached hydrogens (tertiary/aromatic N) is 1. The molecular formula is C16H21N3O2. The van der Waals surface area contributed by atoms with Gasteiger partial charge in [-0.3, -0.25) is 9.59 Å². The van der Waals surface area contributed by atoms with Gasteiger partial charge in [-0.15, -0.1) is 0 Å². The van der Waals surface area contributed by atoms with Crippen molar-refractivity contribution < 1.29 is 9.59 Å². The molecule has 2 amide bonds. The van der Waals surface area contributed by atoms with Crippen molar-refractivity contribution in [1.82, 2.24) is 15.5 Å². The first kappa shape index (κ1) is 14.1. The van der Waals surface area contributed by atoms with Crippen molar-refractivity contribution in [2.24, 2.45) is 0 Å². The summed E-state index contributed by atoms with van der Waals surface area (Å²) < 4.78 is 0. The first-order valence-electron chi connectivity index (χ1n) is 7.52. The summed E-state index contributed by atoms with van der Waals surface area (Å²) in [6.07, 6.45) is 1.80. The van der Waals surface area contributed by atoms with Gasteiger partial charge in [0.2, 0.25) is 11.8 Å². The molecule has 2 aliphatic heterocycles. The molecule has 1 aromatic carbocycles. The van der Waals surface area contributed by atoms with Crippen molar-refractivity contribution in [2.75, 3.05) is 19.6 Å². The largest absolute Gasteiger partial charge is 0.352 e. The minimum absolute atomic E-state index is 0.0320. The summed E-state index contributed by atoms with van der Waals surface area (Å²) in [5, 5.41) is 6.22. The molecule has 0 aliphatic carbocycles. The van der Waals surface area contributed by atoms with Crippen LogP contribution in [0.2, 0.25) is 0 Å². The van der Waals surface area contributed by atoms with E-state index in [1.54, 1.807) is 0 Å². The van der Waals surface area contributed by atoms with Gasteiger partial charge >= 0.3 is 0 Å². The van der Waals surface area contributed by atoms with Crippen molar-refractivity contribution in [3.63, 3.8) is 0 Å². The van der Waals surface area contributed by atoms with E-state index in [1.807, 2.05) is 23.1 Å². The van der Waals surface area contributed by atoms with Crippen LogP contribution in [0.5, 0.6) is 0 Å². The summed E-state index contributed by atoms with van der Waals surface area (Å²) in [4.78, 5) is 25.7. The van der Waals surface area contributed by atoms with E-state index in [4.69, 9.17) is 0 Å². The number of amides is 2. The van der Waals surface area contributed by atoms with Crippen LogP contribution in [0.4, 0.5) is 0 Å². The van der Waals surface area contributed by atoms with E-state index in [9.17, 15) is 9.59 Å². The van der Waals surface area contributed by atoms with Gasteiger partial charge < -0.3 is 15.5 Å². The van der Waals surface area contributed by atoms with Crippen LogP contribution in [0, 0.1) is 0 Å². The number of fused-ring (bicyclic) bond motifs is 1. The van der Waals surface area contributed by atoms with Crippen LogP contribution in [0.3, 0.4) is 0 Å². The fourth-order valence-corrected chi connectivity index (χ4v) is 3.27. The summed E-state index contributed by atoms with van der Waals surface area (Å²) in [5.74, 6) is 0.0884. The molecule has 5 nitrogen and oxygen atoms in total. The summed E-state index contributed by atoms with van der Waals surface area (Å²) >= 11 is 0. The molecule has 2 aliphatic rings. The van der Waals surface area contributed by atoms with Gasteiger partial charge in [0.05, 0.1) is 0 Å². The maximum atomic E-state index is 12.7. The molecule has 21 heavy (non-hydrogen) atoms. The number of rotatable bonds is 2. The maximum Gasteiger partial charge on any atom is 0.244 e. The second-order valence-electron chi connectivity index (χ2n) is 5.81. The lowest BCUT2D eigenvalue weighted by Crippen LogP contribution is -2.44. The predicted molar refractivity (Wildman–Crippen MR) is 79.7 cm³/mol. The molecule has 0 aromatic heterocycles. The van der Waals surface area contributed by atoms with Crippen LogP contribution in [0.1, 0.15) is 30.5 Å². The molecule has 1 fully saturated rings. The van der Waals surface area contributed by atoms with E-state index >= 15 is 0 Å². The molecule has 2 atom stereocenters. The van der Waals surface area contributed by atoms with Crippen LogP contribution in [-0.4, -0.2) is 42.4 Å². The molecule has 0 radical (unpaired) electrons. The number of benzene rings is 1. The summed E-state index contributed by atoms with van der Waals surface area (Å²) in [5.41, 5.74) is 2.35. The number of carbonyl (C=O) groups excluding carboxylic acids is 2. The zero-order valence-corrected chi connectivity index (χ0v) is 12.3. The lowest BCUT2D eigenvalue weighted by Gasteiger charge is -2.29. The average molecular weight is 287 g/mol. The first-order valence-corrected chi connectivity index (χ1v) is 7.52. The van der Waals surface area contributed by atoms with Crippen molar-refractivity contribution in [3.05, 3.63) is 35.4 Å². The van der Waals surface area contributed by atoms with Crippen LogP contribution in [0.15, 0.2) is 24.3 Å². The number of carbonyl (C=O) groups is 2. The van der Waals surface area contributed by atoms with Gasteiger partial charge in [-0.25, -0.2) is 0 Å². The fourth-order valence-electron chi connectivity index (χ4n) is 3.27. The highest BCUT2D eigenvalue weighted by Gasteiger charge is 2.33. The third-order valence-electron chi connectivity index (χ3n) is 4.26. The maximum absolute atomic E-state index is 12.7. The number of likely N-dealkylation sites (tertiary alicyclic amines) is 1. The highest BCUT2D eigenvalue weighted by atomic mass is 16.2. The zero-order valence-electron chi connectivity index (χ0n) is 12.3. The van der Waals surface area contributed by atoms with Gasteiger partial charge in [-0.05, 0) is 24.0 Å². The molecule has 2 N–H and O–H groups in total. The monoisotopic (exact) mass is 287 g/mol. The van der Waals surface area contributed by atoms with E-state index in [1.165, 1.54) is 12.5 Å². The fraction of sp³-hybridized carbons (Fsp3) is 0.500. The second-order valence-corrected chi connectivity index (χ2v) is 5.81. The van der Waals surface area contributed by atoms with Crippen molar-refractivity contribution in [1.29, 1.82) is 0 Å². The van der Waals surface area contributed by atoms with Crippen LogP contribution in [-0.2, 0) is 16.0 Å². The molecule has 112 valence electrons. The van der Waals surface area contributed by atoms with E-state index in [0.717, 1.165) is 24.9 Å². The van der Waals surface area contributed by atoms with Gasteiger partial charge in [0.15, 0.2) is 0 Å². The van der Waals surface area contributed by atoms with Gasteiger partial charge in [0, 0.05) is 32.6 Å². The Labute approximate surface area is 124 Å². The smallest absolute Gasteiger partial charge is 0.244 e. The Morgan fingerprint density at radius 1 is 1.33 bits per heavy atom. The van der Waals surface area contributed by atoms with Crippen LogP contribution >= 0.6 is 0 Å². The Kier molecular flexibility index (Phi) is 3.92. The van der Waals surface area contributed by atoms with Gasteiger partial charge in [0.25, 0.3) is 0 Å². The quantitative estimate of drug-likeness (QED) is 0.838. The Morgan fingerprint density at radius 3 is 2.95 bits per heavy atom. The van der Waals surface area contributed by atoms with E-state index in [-0.39, 0.29) is 23.9 Å². The summed E-state index contributed by atoms with van der Waals surface area (Å²) in [7, 11) is 0. The minimum Gasteiger partial charge on any atom is -0.352 e. The van der Waals surface area contributed by atoms with Crippen molar-refractivity contribution in [2.45, 2.75) is 31.8 Å². The van der Waals surface area contributed by atoms with Crippen molar-refractivity contribution >= 4 is 11.8 Å². The van der Waals surface area contributed by atoms with E-state index < -0.39 is 0 Å². The van der Waals surface area contributed by atoms with Gasteiger partial charge in [-0.1, -0.05) is 24.3 Å². The van der Waals surface area contributed by atoms with Crippen LogP contribution in [0.25, 0.3) is 0 Å². The lowest BCUT2D eigenvalue weighted by atomic mass is 9.93. The van der Waals surface area contributed by atoms with Gasteiger partial charge in [-0.2, -0.15) is 0 Å². The normalized spacial score (nSPS) is 24.5. The Balaban J connectivity index is 1.71. The standard InChI is InChI=1S/C16H21N3O2/c1-11(20)18-13-7-9-19(10-13)16(21)15-14-5-3-2-4-12(14)6-8-17-15/h2-5,13,15,17H,6-10H2,1H3,(H,18,20). The highest BCUT2D eigenvalue weighted by molar-refractivity contribution is 5.84. The molecule has 2 unspecified atom stereocenters. The molecule has 1 aromatic rings. The summed E-state index contributed by atoms with van der Waals surface area (Å²) in [6, 6.07) is 7.98. The minimum atomic E-state index is -0.244. The number of hydrogen-bond donors (Lipinski definition) is 2. The highest BCUT2D eigenvalue weighted by Crippen LogP contribution is 2.25. The number of nitrogens with one attached hydrogen (secondary N) is 2. The molecule has 1 saturated heterocycles. The Morgan fingerprint density at radius 2 is 2.14 bits per heavy atom. The SMILES string of the molecule is CC(=O)NC1CCN(C(=O)C2NCCc3ccccc32)C1. The molecule has 2 heterocycles. The van der Waals surface area contributed by atoms with Crippen LogP contribution < -0.4 is 10.6 Å². The third-order valence-corrected chi connectivity index (χ3v) is 4.26. The molecule has 5 heteroatoms. The molecule has 3 rings (SSSR count). The lowest BCUT2D eigenvalue weighted by molar-refractivity contribution is -0.133. The van der Waals surface area contributed by atoms with Crippen molar-refractivity contribution in [3.8, 4) is 0 Å². The molecular weight excluding hydrogens is 266 g/mol. The predicted octanol–water partition coefficient (Wildman–Crippen LogP) is 0.610. The molecule has 0 spiro atoms. The Bertz CT molecular complexity index is 558. The first-order chi connectivity index (χ1) is 10.1. The summed E-state index contributed by atoms with van der Waals surface area (Å²) in [6.45, 7) is 3.67. The third kappa shape index (κ3) is 2.93. The Hall–Kier alpha value is -1.88. The second kappa shape index (κ2) is 5.85.